The van der Waals surface area contributed by atoms with Gasteiger partial charge in [-0.05, 0) is 46.0 Å². The van der Waals surface area contributed by atoms with Gasteiger partial charge in [-0.25, -0.2) is 0 Å². The molecule has 0 aromatic rings. The summed E-state index contributed by atoms with van der Waals surface area (Å²) in [7, 11) is 0. The molecule has 0 heterocycles. The highest BCUT2D eigenvalue weighted by atomic mass is 16.5. The van der Waals surface area contributed by atoms with E-state index in [2.05, 4.69) is 10.6 Å². The summed E-state index contributed by atoms with van der Waals surface area (Å²) in [5.41, 5.74) is 0. The highest BCUT2D eigenvalue weighted by Crippen LogP contribution is 2.24. The number of carbonyl (C=O) groups excluding carboxylic acids is 1. The predicted octanol–water partition coefficient (Wildman–Crippen LogP) is 1.15. The standard InChI is InChI=1S/C15H28N2O4/c1-11(2)21-9-3-8-16-14(18)10-17-13-6-4-12(5-7-13)15(19)20/h11-13,17H,3-10H2,1-2H3,(H,16,18)(H,19,20). The van der Waals surface area contributed by atoms with E-state index in [1.807, 2.05) is 13.8 Å². The van der Waals surface area contributed by atoms with Crippen molar-refractivity contribution in [2.75, 3.05) is 19.7 Å². The molecule has 1 aliphatic rings. The largest absolute Gasteiger partial charge is 0.481 e. The molecule has 21 heavy (non-hydrogen) atoms. The fraction of sp³-hybridized carbons (Fsp3) is 0.867. The molecule has 0 bridgehead atoms. The molecule has 1 fully saturated rings. The van der Waals surface area contributed by atoms with Crippen LogP contribution in [0.25, 0.3) is 0 Å². The van der Waals surface area contributed by atoms with E-state index in [-0.39, 0.29) is 24.0 Å². The zero-order valence-corrected chi connectivity index (χ0v) is 13.1. The van der Waals surface area contributed by atoms with Crippen LogP contribution in [0.4, 0.5) is 0 Å². The second-order valence-corrected chi connectivity index (χ2v) is 5.89. The van der Waals surface area contributed by atoms with E-state index in [1.165, 1.54) is 0 Å². The monoisotopic (exact) mass is 300 g/mol. The molecule has 1 aliphatic carbocycles. The molecule has 0 aromatic carbocycles. The van der Waals surface area contributed by atoms with E-state index >= 15 is 0 Å². The van der Waals surface area contributed by atoms with Crippen LogP contribution in [0, 0.1) is 5.92 Å². The predicted molar refractivity (Wildman–Crippen MR) is 80.1 cm³/mol. The van der Waals surface area contributed by atoms with Crippen molar-refractivity contribution in [1.82, 2.24) is 10.6 Å². The van der Waals surface area contributed by atoms with Crippen LogP contribution in [-0.4, -0.2) is 48.8 Å². The normalized spacial score (nSPS) is 22.2. The number of amides is 1. The average molecular weight is 300 g/mol. The van der Waals surface area contributed by atoms with Gasteiger partial charge >= 0.3 is 5.97 Å². The lowest BCUT2D eigenvalue weighted by atomic mass is 9.86. The smallest absolute Gasteiger partial charge is 0.306 e. The van der Waals surface area contributed by atoms with Gasteiger partial charge in [0.25, 0.3) is 0 Å². The SMILES string of the molecule is CC(C)OCCCNC(=O)CNC1CCC(C(=O)O)CC1. The molecule has 0 unspecified atom stereocenters. The molecule has 0 aliphatic heterocycles. The van der Waals surface area contributed by atoms with Gasteiger partial charge in [0.05, 0.1) is 18.6 Å². The fourth-order valence-electron chi connectivity index (χ4n) is 2.46. The molecule has 3 N–H and O–H groups in total. The number of aliphatic carboxylic acids is 1. The average Bonchev–Trinajstić information content (AvgIpc) is 2.44. The van der Waals surface area contributed by atoms with Gasteiger partial charge in [0.15, 0.2) is 0 Å². The molecule has 1 amide bonds. The Hall–Kier alpha value is -1.14. The van der Waals surface area contributed by atoms with E-state index in [0.717, 1.165) is 19.3 Å². The van der Waals surface area contributed by atoms with Crippen molar-refractivity contribution < 1.29 is 19.4 Å². The van der Waals surface area contributed by atoms with E-state index < -0.39 is 5.97 Å². The van der Waals surface area contributed by atoms with E-state index in [1.54, 1.807) is 0 Å². The van der Waals surface area contributed by atoms with Crippen LogP contribution < -0.4 is 10.6 Å². The second kappa shape index (κ2) is 9.73. The molecule has 1 rings (SSSR count). The maximum atomic E-state index is 11.6. The van der Waals surface area contributed by atoms with Crippen molar-refractivity contribution in [2.45, 2.75) is 58.1 Å². The van der Waals surface area contributed by atoms with Crippen molar-refractivity contribution in [3.8, 4) is 0 Å². The Labute approximate surface area is 126 Å². The van der Waals surface area contributed by atoms with E-state index in [9.17, 15) is 9.59 Å². The summed E-state index contributed by atoms with van der Waals surface area (Å²) < 4.78 is 5.39. The molecule has 0 aromatic heterocycles. The van der Waals surface area contributed by atoms with Gasteiger partial charge in [-0.1, -0.05) is 0 Å². The van der Waals surface area contributed by atoms with Crippen molar-refractivity contribution in [3.63, 3.8) is 0 Å². The lowest BCUT2D eigenvalue weighted by molar-refractivity contribution is -0.143. The van der Waals surface area contributed by atoms with Gasteiger partial charge in [0.1, 0.15) is 0 Å². The zero-order valence-electron chi connectivity index (χ0n) is 13.1. The van der Waals surface area contributed by atoms with Gasteiger partial charge in [-0.3, -0.25) is 9.59 Å². The van der Waals surface area contributed by atoms with E-state index in [4.69, 9.17) is 9.84 Å². The number of carboxylic acid groups (broad SMARTS) is 1. The minimum Gasteiger partial charge on any atom is -0.481 e. The number of carboxylic acids is 1. The summed E-state index contributed by atoms with van der Waals surface area (Å²) in [6.07, 6.45) is 4.08. The summed E-state index contributed by atoms with van der Waals surface area (Å²) in [4.78, 5) is 22.5. The number of hydrogen-bond donors (Lipinski definition) is 3. The quantitative estimate of drug-likeness (QED) is 0.556. The Morgan fingerprint density at radius 1 is 1.24 bits per heavy atom. The molecular formula is C15H28N2O4. The number of carbonyl (C=O) groups is 2. The molecule has 6 heteroatoms. The molecule has 122 valence electrons. The van der Waals surface area contributed by atoms with Crippen LogP contribution in [0.1, 0.15) is 46.0 Å². The van der Waals surface area contributed by atoms with Crippen molar-refractivity contribution in [2.24, 2.45) is 5.92 Å². The third-order valence-electron chi connectivity index (χ3n) is 3.72. The lowest BCUT2D eigenvalue weighted by Gasteiger charge is -2.26. The van der Waals surface area contributed by atoms with Crippen LogP contribution in [0.15, 0.2) is 0 Å². The first-order valence-electron chi connectivity index (χ1n) is 7.83. The summed E-state index contributed by atoms with van der Waals surface area (Å²) in [5.74, 6) is -0.924. The van der Waals surface area contributed by atoms with Crippen LogP contribution >= 0.6 is 0 Å². The van der Waals surface area contributed by atoms with Crippen molar-refractivity contribution >= 4 is 11.9 Å². The third kappa shape index (κ3) is 8.02. The first-order valence-corrected chi connectivity index (χ1v) is 7.83. The van der Waals surface area contributed by atoms with Gasteiger partial charge in [0.2, 0.25) is 5.91 Å². The van der Waals surface area contributed by atoms with Crippen molar-refractivity contribution in [1.29, 1.82) is 0 Å². The topological polar surface area (TPSA) is 87.7 Å². The van der Waals surface area contributed by atoms with Crippen LogP contribution in [0.3, 0.4) is 0 Å². The Balaban J connectivity index is 2.02. The summed E-state index contributed by atoms with van der Waals surface area (Å²) in [6, 6.07) is 0.260. The molecule has 0 atom stereocenters. The number of ether oxygens (including phenoxy) is 1. The first kappa shape index (κ1) is 17.9. The highest BCUT2D eigenvalue weighted by Gasteiger charge is 2.25. The van der Waals surface area contributed by atoms with Gasteiger partial charge in [-0.2, -0.15) is 0 Å². The Morgan fingerprint density at radius 2 is 1.90 bits per heavy atom. The molecule has 6 nitrogen and oxygen atoms in total. The second-order valence-electron chi connectivity index (χ2n) is 5.89. The van der Waals surface area contributed by atoms with Crippen molar-refractivity contribution in [3.05, 3.63) is 0 Å². The molecule has 1 saturated carbocycles. The number of nitrogens with one attached hydrogen (secondary N) is 2. The van der Waals surface area contributed by atoms with Crippen LogP contribution in [0.2, 0.25) is 0 Å². The molecule has 0 spiro atoms. The number of rotatable bonds is 9. The van der Waals surface area contributed by atoms with Crippen LogP contribution in [0.5, 0.6) is 0 Å². The first-order chi connectivity index (χ1) is 9.99. The maximum Gasteiger partial charge on any atom is 0.306 e. The molecule has 0 radical (unpaired) electrons. The molecule has 0 saturated heterocycles. The van der Waals surface area contributed by atoms with Gasteiger partial charge in [-0.15, -0.1) is 0 Å². The van der Waals surface area contributed by atoms with Gasteiger partial charge < -0.3 is 20.5 Å². The molecular weight excluding hydrogens is 272 g/mol. The minimum absolute atomic E-state index is 0.0140. The van der Waals surface area contributed by atoms with Gasteiger partial charge in [0, 0.05) is 19.2 Å². The van der Waals surface area contributed by atoms with E-state index in [0.29, 0.717) is 32.5 Å². The third-order valence-corrected chi connectivity index (χ3v) is 3.72. The summed E-state index contributed by atoms with van der Waals surface area (Å²) >= 11 is 0. The zero-order chi connectivity index (χ0) is 15.7. The highest BCUT2D eigenvalue weighted by molar-refractivity contribution is 5.78. The minimum atomic E-state index is -0.699. The fourth-order valence-corrected chi connectivity index (χ4v) is 2.46. The summed E-state index contributed by atoms with van der Waals surface area (Å²) in [6.45, 7) is 5.56. The maximum absolute atomic E-state index is 11.6. The Kier molecular flexibility index (Phi) is 8.30. The van der Waals surface area contributed by atoms with Crippen LogP contribution in [-0.2, 0) is 14.3 Å². The summed E-state index contributed by atoms with van der Waals surface area (Å²) in [5, 5.41) is 15.0. The Bertz CT molecular complexity index is 326. The Morgan fingerprint density at radius 3 is 2.48 bits per heavy atom. The number of hydrogen-bond acceptors (Lipinski definition) is 4. The lowest BCUT2D eigenvalue weighted by Crippen LogP contribution is -2.41.